The first kappa shape index (κ1) is 24.1. The van der Waals surface area contributed by atoms with Crippen molar-refractivity contribution >= 4 is 35.2 Å². The molecule has 2 N–H and O–H groups in total. The molecule has 0 aliphatic rings. The highest BCUT2D eigenvalue weighted by Crippen LogP contribution is 2.15. The first-order valence-corrected chi connectivity index (χ1v) is 11.7. The van der Waals surface area contributed by atoms with Crippen LogP contribution in [0.5, 0.6) is 0 Å². The Bertz CT molecular complexity index is 1060. The van der Waals surface area contributed by atoms with Crippen LogP contribution in [-0.4, -0.2) is 29.6 Å². The molecule has 3 aromatic carbocycles. The fourth-order valence-electron chi connectivity index (χ4n) is 3.02. The van der Waals surface area contributed by atoms with Crippen LogP contribution in [0.1, 0.15) is 28.4 Å². The molecule has 1 atom stereocenters. The molecule has 0 aliphatic carbocycles. The average Bonchev–Trinajstić information content (AvgIpc) is 2.83. The number of carbonyl (C=O) groups is 3. The number of benzene rings is 3. The van der Waals surface area contributed by atoms with Gasteiger partial charge in [-0.25, -0.2) is 4.79 Å². The largest absolute Gasteiger partial charge is 0.459 e. The molecule has 0 fully saturated rings. The molecule has 33 heavy (non-hydrogen) atoms. The summed E-state index contributed by atoms with van der Waals surface area (Å²) in [7, 11) is 0. The Balaban J connectivity index is 1.63. The zero-order valence-electron chi connectivity index (χ0n) is 18.3. The summed E-state index contributed by atoms with van der Waals surface area (Å²) in [5.74, 6) is 0.0286. The van der Waals surface area contributed by atoms with E-state index >= 15 is 0 Å². The number of anilines is 1. The fraction of sp³-hybridized carbons (Fsp3) is 0.192. The van der Waals surface area contributed by atoms with Crippen LogP contribution in [0, 0.1) is 0 Å². The van der Waals surface area contributed by atoms with Crippen molar-refractivity contribution in [3.63, 3.8) is 0 Å². The molecule has 0 aromatic heterocycles. The number of hydrogen-bond donors (Lipinski definition) is 2. The quantitative estimate of drug-likeness (QED) is 0.436. The Morgan fingerprint density at radius 3 is 2.06 bits per heavy atom. The summed E-state index contributed by atoms with van der Waals surface area (Å²) in [4.78, 5) is 36.8. The molecule has 2 amide bonds. The summed E-state index contributed by atoms with van der Waals surface area (Å²) in [6.45, 7) is 1.56. The molecule has 0 heterocycles. The molecule has 3 aromatic rings. The molecule has 0 saturated heterocycles. The number of rotatable bonds is 10. The molecule has 0 aliphatic heterocycles. The summed E-state index contributed by atoms with van der Waals surface area (Å²) in [5.41, 5.74) is 2.99. The molecule has 0 bridgehead atoms. The van der Waals surface area contributed by atoms with E-state index in [1.165, 1.54) is 6.92 Å². The van der Waals surface area contributed by atoms with Crippen LogP contribution < -0.4 is 10.6 Å². The van der Waals surface area contributed by atoms with Gasteiger partial charge in [0.1, 0.15) is 12.6 Å². The van der Waals surface area contributed by atoms with Gasteiger partial charge >= 0.3 is 5.97 Å². The number of nitrogens with one attached hydrogen (secondary N) is 2. The van der Waals surface area contributed by atoms with E-state index in [9.17, 15) is 14.4 Å². The van der Waals surface area contributed by atoms with E-state index < -0.39 is 12.0 Å². The second-order valence-corrected chi connectivity index (χ2v) is 8.41. The van der Waals surface area contributed by atoms with E-state index in [1.54, 1.807) is 36.0 Å². The van der Waals surface area contributed by atoms with E-state index in [2.05, 4.69) is 10.6 Å². The summed E-state index contributed by atoms with van der Waals surface area (Å²) < 4.78 is 5.48. The predicted molar refractivity (Wildman–Crippen MR) is 131 cm³/mol. The first-order chi connectivity index (χ1) is 16.0. The van der Waals surface area contributed by atoms with E-state index in [0.717, 1.165) is 11.1 Å². The maximum Gasteiger partial charge on any atom is 0.329 e. The minimum Gasteiger partial charge on any atom is -0.459 e. The maximum absolute atomic E-state index is 12.8. The van der Waals surface area contributed by atoms with Crippen molar-refractivity contribution in [1.82, 2.24) is 5.32 Å². The highest BCUT2D eigenvalue weighted by molar-refractivity contribution is 7.98. The lowest BCUT2D eigenvalue weighted by molar-refractivity contribution is -0.146. The van der Waals surface area contributed by atoms with Crippen molar-refractivity contribution in [3.05, 3.63) is 102 Å². The average molecular weight is 463 g/mol. The third kappa shape index (κ3) is 8.12. The van der Waals surface area contributed by atoms with Crippen molar-refractivity contribution in [2.75, 3.05) is 11.1 Å². The SMILES string of the molecule is CC(=O)Nc1ccc(C(=O)NC(CSCc2ccccc2)C(=O)OCc2ccccc2)cc1. The van der Waals surface area contributed by atoms with Gasteiger partial charge in [-0.15, -0.1) is 0 Å². The molecule has 170 valence electrons. The van der Waals surface area contributed by atoms with E-state index in [1.807, 2.05) is 60.7 Å². The molecule has 1 unspecified atom stereocenters. The normalized spacial score (nSPS) is 11.3. The van der Waals surface area contributed by atoms with Gasteiger partial charge in [0.2, 0.25) is 5.91 Å². The van der Waals surface area contributed by atoms with Crippen LogP contribution >= 0.6 is 11.8 Å². The topological polar surface area (TPSA) is 84.5 Å². The number of thioether (sulfide) groups is 1. The highest BCUT2D eigenvalue weighted by Gasteiger charge is 2.23. The van der Waals surface area contributed by atoms with Crippen molar-refractivity contribution in [1.29, 1.82) is 0 Å². The number of carbonyl (C=O) groups excluding carboxylic acids is 3. The second kappa shape index (κ2) is 12.5. The summed E-state index contributed by atoms with van der Waals surface area (Å²) >= 11 is 1.55. The standard InChI is InChI=1S/C26H26N2O4S/c1-19(29)27-23-14-12-22(13-15-23)25(30)28-24(18-33-17-21-10-6-3-7-11-21)26(31)32-16-20-8-4-2-5-9-20/h2-15,24H,16-18H2,1H3,(H,27,29)(H,28,30). The Labute approximate surface area is 197 Å². The van der Waals surface area contributed by atoms with Gasteiger partial charge in [-0.05, 0) is 35.4 Å². The molecule has 3 rings (SSSR count). The summed E-state index contributed by atoms with van der Waals surface area (Å²) in [6.07, 6.45) is 0. The first-order valence-electron chi connectivity index (χ1n) is 10.5. The lowest BCUT2D eigenvalue weighted by Crippen LogP contribution is -2.43. The lowest BCUT2D eigenvalue weighted by Gasteiger charge is -2.18. The Kier molecular flexibility index (Phi) is 9.08. The van der Waals surface area contributed by atoms with Gasteiger partial charge in [-0.2, -0.15) is 11.8 Å². The van der Waals surface area contributed by atoms with Crippen LogP contribution in [0.25, 0.3) is 0 Å². The van der Waals surface area contributed by atoms with Crippen molar-refractivity contribution in [2.45, 2.75) is 25.3 Å². The van der Waals surface area contributed by atoms with Gasteiger partial charge in [0, 0.05) is 29.7 Å². The lowest BCUT2D eigenvalue weighted by atomic mass is 10.2. The smallest absolute Gasteiger partial charge is 0.329 e. The summed E-state index contributed by atoms with van der Waals surface area (Å²) in [5, 5.41) is 5.45. The third-order valence-electron chi connectivity index (χ3n) is 4.68. The molecular weight excluding hydrogens is 436 g/mol. The highest BCUT2D eigenvalue weighted by atomic mass is 32.2. The van der Waals surface area contributed by atoms with Crippen LogP contribution in [0.4, 0.5) is 5.69 Å². The van der Waals surface area contributed by atoms with Crippen LogP contribution in [-0.2, 0) is 26.7 Å². The van der Waals surface area contributed by atoms with Crippen LogP contribution in [0.15, 0.2) is 84.9 Å². The molecular formula is C26H26N2O4S. The van der Waals surface area contributed by atoms with Crippen molar-refractivity contribution in [3.8, 4) is 0 Å². The van der Waals surface area contributed by atoms with E-state index in [-0.39, 0.29) is 18.4 Å². The minimum atomic E-state index is -0.801. The van der Waals surface area contributed by atoms with Gasteiger partial charge < -0.3 is 15.4 Å². The zero-order chi connectivity index (χ0) is 23.5. The van der Waals surface area contributed by atoms with Crippen LogP contribution in [0.3, 0.4) is 0 Å². The van der Waals surface area contributed by atoms with Gasteiger partial charge in [0.25, 0.3) is 5.91 Å². The number of ether oxygens (including phenoxy) is 1. The minimum absolute atomic E-state index is 0.140. The molecule has 0 saturated carbocycles. The molecule has 0 radical (unpaired) electrons. The maximum atomic E-state index is 12.8. The third-order valence-corrected chi connectivity index (χ3v) is 5.78. The van der Waals surface area contributed by atoms with Crippen molar-refractivity contribution < 1.29 is 19.1 Å². The Morgan fingerprint density at radius 1 is 0.848 bits per heavy atom. The fourth-order valence-corrected chi connectivity index (χ4v) is 4.02. The van der Waals surface area contributed by atoms with Gasteiger partial charge in [0.15, 0.2) is 0 Å². The predicted octanol–water partition coefficient (Wildman–Crippen LogP) is 4.42. The molecule has 7 heteroatoms. The number of esters is 1. The monoisotopic (exact) mass is 462 g/mol. The second-order valence-electron chi connectivity index (χ2n) is 7.38. The van der Waals surface area contributed by atoms with Gasteiger partial charge in [0.05, 0.1) is 0 Å². The zero-order valence-corrected chi connectivity index (χ0v) is 19.1. The van der Waals surface area contributed by atoms with Gasteiger partial charge in [-0.1, -0.05) is 60.7 Å². The van der Waals surface area contributed by atoms with Crippen molar-refractivity contribution in [2.24, 2.45) is 0 Å². The van der Waals surface area contributed by atoms with E-state index in [4.69, 9.17) is 4.74 Å². The number of hydrogen-bond acceptors (Lipinski definition) is 5. The Hall–Kier alpha value is -3.58. The van der Waals surface area contributed by atoms with E-state index in [0.29, 0.717) is 22.8 Å². The summed E-state index contributed by atoms with van der Waals surface area (Å²) in [6, 6.07) is 25.0. The Morgan fingerprint density at radius 2 is 1.45 bits per heavy atom. The van der Waals surface area contributed by atoms with Gasteiger partial charge in [-0.3, -0.25) is 9.59 Å². The van der Waals surface area contributed by atoms with Crippen LogP contribution in [0.2, 0.25) is 0 Å². The number of amides is 2. The molecule has 6 nitrogen and oxygen atoms in total. The molecule has 0 spiro atoms.